The first-order chi connectivity index (χ1) is 8.99. The largest absolute Gasteiger partial charge is 0.478 e. The summed E-state index contributed by atoms with van der Waals surface area (Å²) in [4.78, 5) is 15.6. The predicted molar refractivity (Wildman–Crippen MR) is 77.1 cm³/mol. The lowest BCUT2D eigenvalue weighted by Gasteiger charge is -2.27. The Morgan fingerprint density at radius 2 is 2.26 bits per heavy atom. The summed E-state index contributed by atoms with van der Waals surface area (Å²) < 4.78 is 0. The maximum Gasteiger partial charge on any atom is 0.335 e. The maximum absolute atomic E-state index is 11.0. The molecule has 1 atom stereocenters. The van der Waals surface area contributed by atoms with Gasteiger partial charge in [0, 0.05) is 25.3 Å². The van der Waals surface area contributed by atoms with Crippen LogP contribution in [0.4, 0.5) is 5.69 Å². The van der Waals surface area contributed by atoms with E-state index < -0.39 is 5.97 Å². The zero-order valence-electron chi connectivity index (χ0n) is 11.9. The molecule has 1 aromatic carbocycles. The number of aryl methyl sites for hydroxylation is 1. The fraction of sp³-hybridized carbons (Fsp3) is 0.533. The highest BCUT2D eigenvalue weighted by molar-refractivity contribution is 5.89. The molecular formula is C15H22N2O2. The Kier molecular flexibility index (Phi) is 4.10. The van der Waals surface area contributed by atoms with Crippen molar-refractivity contribution in [3.05, 3.63) is 29.3 Å². The second-order valence-corrected chi connectivity index (χ2v) is 5.46. The average molecular weight is 262 g/mol. The van der Waals surface area contributed by atoms with Crippen molar-refractivity contribution < 1.29 is 9.90 Å². The average Bonchev–Trinajstić information content (AvgIpc) is 2.74. The number of likely N-dealkylation sites (N-methyl/N-ethyl adjacent to an activating group) is 2. The van der Waals surface area contributed by atoms with Crippen molar-refractivity contribution in [2.45, 2.75) is 25.8 Å². The Morgan fingerprint density at radius 3 is 2.79 bits per heavy atom. The van der Waals surface area contributed by atoms with Crippen LogP contribution in [0.1, 0.15) is 28.8 Å². The number of likely N-dealkylation sites (tertiary alicyclic amines) is 1. The Hall–Kier alpha value is -1.55. The Balaban J connectivity index is 2.09. The number of hydrogen-bond donors (Lipinski definition) is 1. The minimum Gasteiger partial charge on any atom is -0.478 e. The topological polar surface area (TPSA) is 43.8 Å². The van der Waals surface area contributed by atoms with E-state index in [-0.39, 0.29) is 0 Å². The van der Waals surface area contributed by atoms with Crippen molar-refractivity contribution in [2.75, 3.05) is 32.1 Å². The fourth-order valence-electron chi connectivity index (χ4n) is 2.76. The van der Waals surface area contributed by atoms with E-state index in [4.69, 9.17) is 5.11 Å². The summed E-state index contributed by atoms with van der Waals surface area (Å²) in [5.41, 5.74) is 2.29. The quantitative estimate of drug-likeness (QED) is 0.903. The number of carbonyl (C=O) groups is 1. The van der Waals surface area contributed by atoms with Crippen molar-refractivity contribution >= 4 is 11.7 Å². The van der Waals surface area contributed by atoms with E-state index >= 15 is 0 Å². The monoisotopic (exact) mass is 262 g/mol. The molecule has 1 aliphatic rings. The zero-order valence-corrected chi connectivity index (χ0v) is 11.9. The normalized spacial score (nSPS) is 19.6. The fourth-order valence-corrected chi connectivity index (χ4v) is 2.76. The zero-order chi connectivity index (χ0) is 14.0. The molecule has 1 unspecified atom stereocenters. The van der Waals surface area contributed by atoms with Crippen LogP contribution in [-0.4, -0.2) is 49.2 Å². The number of rotatable bonds is 4. The van der Waals surface area contributed by atoms with Gasteiger partial charge in [0.15, 0.2) is 0 Å². The standard InChI is InChI=1S/C15H22N2O2/c1-11-9-12(6-7-14(11)15(18)19)17(3)10-13-5-4-8-16(13)2/h6-7,9,13H,4-5,8,10H2,1-3H3,(H,18,19). The molecule has 0 saturated carbocycles. The summed E-state index contributed by atoms with van der Waals surface area (Å²) in [7, 11) is 4.24. The summed E-state index contributed by atoms with van der Waals surface area (Å²) in [6.45, 7) is 4.01. The SMILES string of the molecule is Cc1cc(N(C)CC2CCCN2C)ccc1C(=O)O. The van der Waals surface area contributed by atoms with Gasteiger partial charge in [0.2, 0.25) is 0 Å². The highest BCUT2D eigenvalue weighted by Crippen LogP contribution is 2.21. The third-order valence-corrected chi connectivity index (χ3v) is 4.04. The Labute approximate surface area is 114 Å². The molecule has 0 spiro atoms. The Bertz CT molecular complexity index is 473. The molecular weight excluding hydrogens is 240 g/mol. The van der Waals surface area contributed by atoms with Crippen molar-refractivity contribution in [3.8, 4) is 0 Å². The van der Waals surface area contributed by atoms with Crippen molar-refractivity contribution in [3.63, 3.8) is 0 Å². The van der Waals surface area contributed by atoms with Gasteiger partial charge in [0.1, 0.15) is 0 Å². The predicted octanol–water partition coefficient (Wildman–Crippen LogP) is 2.22. The lowest BCUT2D eigenvalue weighted by molar-refractivity contribution is 0.0696. The van der Waals surface area contributed by atoms with Crippen LogP contribution in [0.2, 0.25) is 0 Å². The summed E-state index contributed by atoms with van der Waals surface area (Å²) in [5, 5.41) is 9.04. The van der Waals surface area contributed by atoms with Crippen LogP contribution < -0.4 is 4.90 Å². The van der Waals surface area contributed by atoms with E-state index in [0.29, 0.717) is 11.6 Å². The lowest BCUT2D eigenvalue weighted by atomic mass is 10.1. The van der Waals surface area contributed by atoms with Crippen LogP contribution in [0.15, 0.2) is 18.2 Å². The first-order valence-corrected chi connectivity index (χ1v) is 6.74. The molecule has 0 aliphatic carbocycles. The van der Waals surface area contributed by atoms with E-state index in [0.717, 1.165) is 17.8 Å². The Morgan fingerprint density at radius 1 is 1.53 bits per heavy atom. The molecule has 0 aromatic heterocycles. The van der Waals surface area contributed by atoms with Crippen LogP contribution in [0.25, 0.3) is 0 Å². The number of hydrogen-bond acceptors (Lipinski definition) is 3. The van der Waals surface area contributed by atoms with E-state index in [1.165, 1.54) is 19.4 Å². The number of benzene rings is 1. The smallest absolute Gasteiger partial charge is 0.335 e. The van der Waals surface area contributed by atoms with Gasteiger partial charge in [0.05, 0.1) is 5.56 Å². The molecule has 4 heteroatoms. The van der Waals surface area contributed by atoms with E-state index in [1.54, 1.807) is 6.07 Å². The van der Waals surface area contributed by atoms with Gasteiger partial charge in [0.25, 0.3) is 0 Å². The summed E-state index contributed by atoms with van der Waals surface area (Å²) in [5.74, 6) is -0.859. The summed E-state index contributed by atoms with van der Waals surface area (Å²) in [6, 6.07) is 6.15. The van der Waals surface area contributed by atoms with Crippen LogP contribution in [0, 0.1) is 6.92 Å². The van der Waals surface area contributed by atoms with Gasteiger partial charge in [-0.25, -0.2) is 4.79 Å². The summed E-state index contributed by atoms with van der Waals surface area (Å²) in [6.07, 6.45) is 2.51. The summed E-state index contributed by atoms with van der Waals surface area (Å²) >= 11 is 0. The third kappa shape index (κ3) is 3.07. The van der Waals surface area contributed by atoms with Gasteiger partial charge in [-0.2, -0.15) is 0 Å². The molecule has 2 rings (SSSR count). The molecule has 0 radical (unpaired) electrons. The number of carboxylic acids is 1. The number of aromatic carboxylic acids is 1. The van der Waals surface area contributed by atoms with Gasteiger partial charge in [-0.15, -0.1) is 0 Å². The van der Waals surface area contributed by atoms with Crippen LogP contribution in [0.3, 0.4) is 0 Å². The first kappa shape index (κ1) is 13.9. The number of carboxylic acid groups (broad SMARTS) is 1. The van der Waals surface area contributed by atoms with Gasteiger partial charge < -0.3 is 14.9 Å². The van der Waals surface area contributed by atoms with Gasteiger partial charge in [-0.3, -0.25) is 0 Å². The molecule has 1 aliphatic heterocycles. The highest BCUT2D eigenvalue weighted by atomic mass is 16.4. The van der Waals surface area contributed by atoms with Crippen LogP contribution in [0.5, 0.6) is 0 Å². The van der Waals surface area contributed by atoms with Gasteiger partial charge >= 0.3 is 5.97 Å². The molecule has 1 heterocycles. The number of nitrogens with zero attached hydrogens (tertiary/aromatic N) is 2. The molecule has 0 bridgehead atoms. The van der Waals surface area contributed by atoms with Crippen LogP contribution in [-0.2, 0) is 0 Å². The van der Waals surface area contributed by atoms with Crippen molar-refractivity contribution in [1.82, 2.24) is 4.90 Å². The molecule has 1 N–H and O–H groups in total. The van der Waals surface area contributed by atoms with E-state index in [2.05, 4.69) is 23.9 Å². The van der Waals surface area contributed by atoms with E-state index in [1.807, 2.05) is 19.1 Å². The molecule has 0 amide bonds. The number of anilines is 1. The van der Waals surface area contributed by atoms with Gasteiger partial charge in [-0.05, 0) is 57.1 Å². The van der Waals surface area contributed by atoms with Gasteiger partial charge in [-0.1, -0.05) is 0 Å². The lowest BCUT2D eigenvalue weighted by Crippen LogP contribution is -2.36. The maximum atomic E-state index is 11.0. The molecule has 104 valence electrons. The van der Waals surface area contributed by atoms with E-state index in [9.17, 15) is 4.79 Å². The molecule has 1 saturated heterocycles. The minimum atomic E-state index is -0.859. The molecule has 1 fully saturated rings. The highest BCUT2D eigenvalue weighted by Gasteiger charge is 2.22. The van der Waals surface area contributed by atoms with Crippen molar-refractivity contribution in [2.24, 2.45) is 0 Å². The van der Waals surface area contributed by atoms with Crippen molar-refractivity contribution in [1.29, 1.82) is 0 Å². The minimum absolute atomic E-state index is 0.384. The first-order valence-electron chi connectivity index (χ1n) is 6.74. The second-order valence-electron chi connectivity index (χ2n) is 5.46. The third-order valence-electron chi connectivity index (χ3n) is 4.04. The molecule has 4 nitrogen and oxygen atoms in total. The molecule has 19 heavy (non-hydrogen) atoms. The molecule has 1 aromatic rings. The van der Waals surface area contributed by atoms with Crippen LogP contribution >= 0.6 is 0 Å². The second kappa shape index (κ2) is 5.61.